The van der Waals surface area contributed by atoms with Gasteiger partial charge < -0.3 is 0 Å². The van der Waals surface area contributed by atoms with Gasteiger partial charge in [-0.05, 0) is 0 Å². The van der Waals surface area contributed by atoms with Gasteiger partial charge in [0, 0.05) is 58.4 Å². The van der Waals surface area contributed by atoms with Crippen LogP contribution >= 0.6 is 0 Å². The van der Waals surface area contributed by atoms with Crippen molar-refractivity contribution in [2.75, 3.05) is 0 Å². The number of rotatable bonds is 0. The number of terminal acetylenes is 1. The summed E-state index contributed by atoms with van der Waals surface area (Å²) in [4.78, 5) is 0. The second-order valence-corrected chi connectivity index (χ2v) is 0. The van der Waals surface area contributed by atoms with E-state index in [9.17, 15) is 0 Å². The van der Waals surface area contributed by atoms with Crippen molar-refractivity contribution in [2.45, 2.75) is 0 Å². The molecule has 0 unspecified atom stereocenters. The molecule has 0 aliphatic rings. The molecule has 0 amide bonds. The molecule has 0 nitrogen and oxygen atoms in total. The average Bonchev–Trinajstić information content (AvgIpc) is 1.00. The van der Waals surface area contributed by atoms with Gasteiger partial charge in [-0.15, -0.1) is 12.8 Å². The molecule has 0 fully saturated rings. The Balaban J connectivity index is -0.00000000167. The molecule has 0 N–H and O–H groups in total. The molecule has 3 heteroatoms. The van der Waals surface area contributed by atoms with Gasteiger partial charge in [-0.25, -0.2) is 0 Å². The third-order valence-electron chi connectivity index (χ3n) is 0. The van der Waals surface area contributed by atoms with Crippen LogP contribution in [0.2, 0.25) is 0 Å². The van der Waals surface area contributed by atoms with E-state index in [0.717, 1.165) is 0 Å². The SMILES string of the molecule is C#C.[Ru].[Ru].[Ru]. The van der Waals surface area contributed by atoms with E-state index >= 15 is 0 Å². The van der Waals surface area contributed by atoms with Gasteiger partial charge in [-0.3, -0.25) is 0 Å². The monoisotopic (exact) mass is 332 g/mol. The summed E-state index contributed by atoms with van der Waals surface area (Å²) in [7, 11) is 0. The second kappa shape index (κ2) is 52.1. The van der Waals surface area contributed by atoms with Crippen LogP contribution < -0.4 is 0 Å². The van der Waals surface area contributed by atoms with E-state index in [1.807, 2.05) is 0 Å². The fraction of sp³-hybridized carbons (Fsp3) is 0. The molecule has 34 valence electrons. The third kappa shape index (κ3) is 31.2. The number of hydrogen-bond acceptors (Lipinski definition) is 0. The van der Waals surface area contributed by atoms with E-state index < -0.39 is 0 Å². The van der Waals surface area contributed by atoms with Crippen LogP contribution in [0.3, 0.4) is 0 Å². The van der Waals surface area contributed by atoms with Crippen LogP contribution in [0.5, 0.6) is 0 Å². The van der Waals surface area contributed by atoms with Crippen LogP contribution in [-0.2, 0) is 58.4 Å². The normalized spacial score (nSPS) is 0.400. The Bertz CT molecular complexity index is 9.61. The fourth-order valence-electron chi connectivity index (χ4n) is 0. The van der Waals surface area contributed by atoms with Crippen LogP contribution in [-0.4, -0.2) is 0 Å². The first-order valence-electron chi connectivity index (χ1n) is 0.333. The predicted molar refractivity (Wildman–Crippen MR) is 9.89 cm³/mol. The quantitative estimate of drug-likeness (QED) is 0.441. The second-order valence-electron chi connectivity index (χ2n) is 0. The van der Waals surface area contributed by atoms with Gasteiger partial charge in [0.05, 0.1) is 0 Å². The molecular formula is C2H2Ru3. The summed E-state index contributed by atoms with van der Waals surface area (Å²) in [5, 5.41) is 0. The Kier molecular flexibility index (Phi) is 335. The van der Waals surface area contributed by atoms with E-state index in [-0.39, 0.29) is 58.4 Å². The maximum Gasteiger partial charge on any atom is 0 e. The molecule has 0 aromatic heterocycles. The van der Waals surface area contributed by atoms with Gasteiger partial charge in [-0.2, -0.15) is 0 Å². The third-order valence-corrected chi connectivity index (χ3v) is 0. The van der Waals surface area contributed by atoms with E-state index in [1.54, 1.807) is 0 Å². The molecule has 0 radical (unpaired) electrons. The molecule has 0 atom stereocenters. The molecule has 0 rings (SSSR count). The Hall–Kier alpha value is 1.43. The van der Waals surface area contributed by atoms with Gasteiger partial charge in [0.15, 0.2) is 0 Å². The van der Waals surface area contributed by atoms with Crippen molar-refractivity contribution in [1.82, 2.24) is 0 Å². The smallest absolute Gasteiger partial charge is 0 e. The van der Waals surface area contributed by atoms with Gasteiger partial charge in [0.1, 0.15) is 0 Å². The Morgan fingerprint density at radius 2 is 0.600 bits per heavy atom. The van der Waals surface area contributed by atoms with E-state index in [1.165, 1.54) is 0 Å². The molecule has 0 spiro atoms. The topological polar surface area (TPSA) is 0 Å². The van der Waals surface area contributed by atoms with Crippen LogP contribution in [0.25, 0.3) is 0 Å². The Morgan fingerprint density at radius 1 is 0.600 bits per heavy atom. The first kappa shape index (κ1) is 32.1. The molecule has 0 bridgehead atoms. The summed E-state index contributed by atoms with van der Waals surface area (Å²) in [6.45, 7) is 0. The number of hydrogen-bond donors (Lipinski definition) is 0. The van der Waals surface area contributed by atoms with Crippen molar-refractivity contribution in [3.05, 3.63) is 0 Å². The van der Waals surface area contributed by atoms with Crippen molar-refractivity contribution in [3.8, 4) is 12.8 Å². The predicted octanol–water partition coefficient (Wildman–Crippen LogP) is 0.242. The van der Waals surface area contributed by atoms with Gasteiger partial charge >= 0.3 is 0 Å². The minimum atomic E-state index is 0. The maximum absolute atomic E-state index is 4.00. The molecule has 0 saturated heterocycles. The largest absolute Gasteiger partial charge is 0.124 e. The zero-order valence-electron chi connectivity index (χ0n) is 2.22. The molecule has 0 heterocycles. The van der Waals surface area contributed by atoms with E-state index in [4.69, 9.17) is 0 Å². The molecular weight excluding hydrogens is 327 g/mol. The average molecular weight is 329 g/mol. The molecule has 0 aliphatic carbocycles. The summed E-state index contributed by atoms with van der Waals surface area (Å²) in [5.74, 6) is 0. The van der Waals surface area contributed by atoms with Crippen molar-refractivity contribution >= 4 is 0 Å². The molecule has 0 saturated carbocycles. The maximum atomic E-state index is 4.00. The zero-order chi connectivity index (χ0) is 2.00. The van der Waals surface area contributed by atoms with Crippen LogP contribution in [0, 0.1) is 12.8 Å². The molecule has 0 aliphatic heterocycles. The summed E-state index contributed by atoms with van der Waals surface area (Å²) in [6, 6.07) is 0. The fourth-order valence-corrected chi connectivity index (χ4v) is 0. The molecule has 0 aromatic carbocycles. The Morgan fingerprint density at radius 3 is 0.600 bits per heavy atom. The standard InChI is InChI=1S/C2H2.3Ru/c1-2;;;/h1-2H;;;. The van der Waals surface area contributed by atoms with Crippen LogP contribution in [0.15, 0.2) is 0 Å². The first-order valence-corrected chi connectivity index (χ1v) is 0.333. The summed E-state index contributed by atoms with van der Waals surface area (Å²) >= 11 is 0. The van der Waals surface area contributed by atoms with E-state index in [2.05, 4.69) is 12.8 Å². The van der Waals surface area contributed by atoms with Crippen LogP contribution in [0.1, 0.15) is 0 Å². The van der Waals surface area contributed by atoms with Crippen molar-refractivity contribution in [1.29, 1.82) is 0 Å². The van der Waals surface area contributed by atoms with Crippen molar-refractivity contribution < 1.29 is 58.4 Å². The summed E-state index contributed by atoms with van der Waals surface area (Å²) < 4.78 is 0. The molecule has 5 heavy (non-hydrogen) atoms. The van der Waals surface area contributed by atoms with Gasteiger partial charge in [-0.1, -0.05) is 0 Å². The first-order chi connectivity index (χ1) is 1.00. The van der Waals surface area contributed by atoms with Crippen LogP contribution in [0.4, 0.5) is 0 Å². The van der Waals surface area contributed by atoms with Crippen molar-refractivity contribution in [3.63, 3.8) is 0 Å². The molecule has 0 aromatic rings. The Labute approximate surface area is 70.8 Å². The minimum absolute atomic E-state index is 0. The minimum Gasteiger partial charge on any atom is -0.124 e. The summed E-state index contributed by atoms with van der Waals surface area (Å²) in [5.41, 5.74) is 0. The van der Waals surface area contributed by atoms with E-state index in [0.29, 0.717) is 0 Å². The van der Waals surface area contributed by atoms with Crippen molar-refractivity contribution in [2.24, 2.45) is 0 Å². The zero-order valence-corrected chi connectivity index (χ0v) is 7.43. The van der Waals surface area contributed by atoms with Gasteiger partial charge in [0.25, 0.3) is 0 Å². The van der Waals surface area contributed by atoms with Gasteiger partial charge in [0.2, 0.25) is 0 Å². The summed E-state index contributed by atoms with van der Waals surface area (Å²) in [6.07, 6.45) is 8.00.